The summed E-state index contributed by atoms with van der Waals surface area (Å²) in [6.45, 7) is 3.73. The molecule has 0 unspecified atom stereocenters. The number of fused-ring (bicyclic) bond motifs is 1. The van der Waals surface area contributed by atoms with E-state index < -0.39 is 0 Å². The smallest absolute Gasteiger partial charge is 0.332 e. The molecule has 0 N–H and O–H groups in total. The van der Waals surface area contributed by atoms with Gasteiger partial charge in [-0.05, 0) is 24.5 Å². The van der Waals surface area contributed by atoms with Crippen LogP contribution in [0.1, 0.15) is 16.0 Å². The van der Waals surface area contributed by atoms with E-state index in [1.165, 1.54) is 15.9 Å². The van der Waals surface area contributed by atoms with Crippen molar-refractivity contribution in [3.8, 4) is 0 Å². The minimum atomic E-state index is -0.282. The third-order valence-electron chi connectivity index (χ3n) is 5.26. The van der Waals surface area contributed by atoms with E-state index in [2.05, 4.69) is 4.98 Å². The van der Waals surface area contributed by atoms with Crippen LogP contribution in [-0.2, 0) is 30.8 Å². The number of aromatic nitrogens is 4. The number of rotatable bonds is 8. The van der Waals surface area contributed by atoms with Crippen LogP contribution >= 0.6 is 11.3 Å². The molecule has 7 nitrogen and oxygen atoms in total. The summed E-state index contributed by atoms with van der Waals surface area (Å²) in [6.07, 6.45) is 5.99. The molecule has 0 bridgehead atoms. The Balaban J connectivity index is 1.82. The summed E-state index contributed by atoms with van der Waals surface area (Å²) in [4.78, 5) is 32.4. The monoisotopic (exact) mass is 424 g/mol. The van der Waals surface area contributed by atoms with Crippen LogP contribution in [0.3, 0.4) is 0 Å². The average Bonchev–Trinajstić information content (AvgIpc) is 3.37. The number of nitrogens with zero attached hydrogens (tertiary/aromatic N) is 4. The third-order valence-corrected chi connectivity index (χ3v) is 6.56. The van der Waals surface area contributed by atoms with Gasteiger partial charge in [-0.3, -0.25) is 13.9 Å². The van der Waals surface area contributed by atoms with Gasteiger partial charge in [-0.15, -0.1) is 11.3 Å². The summed E-state index contributed by atoms with van der Waals surface area (Å²) in [7, 11) is 1.61. The topological polar surface area (TPSA) is 71.0 Å². The van der Waals surface area contributed by atoms with Gasteiger partial charge in [0.15, 0.2) is 0 Å². The highest BCUT2D eigenvalue weighted by Gasteiger charge is 2.20. The van der Waals surface area contributed by atoms with E-state index in [9.17, 15) is 9.59 Å². The number of hydrogen-bond acceptors (Lipinski definition) is 5. The SMILES string of the molecule is COCCn1c(=O)n(CCc2ccccc2)c(=O)c2c(C)c(Cn3ccnc3)sc21. The van der Waals surface area contributed by atoms with E-state index in [-0.39, 0.29) is 11.2 Å². The zero-order valence-electron chi connectivity index (χ0n) is 17.1. The van der Waals surface area contributed by atoms with Crippen molar-refractivity contribution < 1.29 is 4.74 Å². The zero-order valence-corrected chi connectivity index (χ0v) is 17.9. The van der Waals surface area contributed by atoms with E-state index in [1.54, 1.807) is 24.2 Å². The molecule has 4 rings (SSSR count). The lowest BCUT2D eigenvalue weighted by atomic mass is 10.1. The molecule has 0 atom stereocenters. The van der Waals surface area contributed by atoms with Crippen molar-refractivity contribution in [2.45, 2.75) is 33.0 Å². The molecule has 0 amide bonds. The molecule has 3 aromatic heterocycles. The van der Waals surface area contributed by atoms with E-state index >= 15 is 0 Å². The maximum Gasteiger partial charge on any atom is 0.332 e. The van der Waals surface area contributed by atoms with Crippen LogP contribution in [0.25, 0.3) is 10.2 Å². The number of aryl methyl sites for hydroxylation is 2. The lowest BCUT2D eigenvalue weighted by Crippen LogP contribution is -2.40. The van der Waals surface area contributed by atoms with Crippen molar-refractivity contribution in [3.05, 3.63) is 85.9 Å². The molecule has 156 valence electrons. The highest BCUT2D eigenvalue weighted by atomic mass is 32.1. The Hall–Kier alpha value is -2.97. The van der Waals surface area contributed by atoms with Crippen molar-refractivity contribution in [1.29, 1.82) is 0 Å². The van der Waals surface area contributed by atoms with Crippen LogP contribution in [0, 0.1) is 6.92 Å². The van der Waals surface area contributed by atoms with Crippen LogP contribution in [0.2, 0.25) is 0 Å². The second-order valence-corrected chi connectivity index (χ2v) is 8.27. The molecule has 0 aliphatic rings. The molecular formula is C22H24N4O3S. The third kappa shape index (κ3) is 3.88. The number of benzene rings is 1. The minimum absolute atomic E-state index is 0.217. The average molecular weight is 425 g/mol. The van der Waals surface area contributed by atoms with E-state index in [0.29, 0.717) is 42.9 Å². The summed E-state index contributed by atoms with van der Waals surface area (Å²) in [5.41, 5.74) is 1.52. The number of methoxy groups -OCH3 is 1. The highest BCUT2D eigenvalue weighted by molar-refractivity contribution is 7.18. The van der Waals surface area contributed by atoms with Crippen molar-refractivity contribution in [2.24, 2.45) is 0 Å². The first-order valence-electron chi connectivity index (χ1n) is 9.84. The van der Waals surface area contributed by atoms with Gasteiger partial charge in [0, 0.05) is 30.9 Å². The lowest BCUT2D eigenvalue weighted by Gasteiger charge is -2.12. The molecule has 0 fully saturated rings. The van der Waals surface area contributed by atoms with Crippen molar-refractivity contribution in [3.63, 3.8) is 0 Å². The molecule has 3 heterocycles. The maximum absolute atomic E-state index is 13.3. The summed E-state index contributed by atoms with van der Waals surface area (Å²) in [5.74, 6) is 0. The molecule has 0 spiro atoms. The second-order valence-electron chi connectivity index (χ2n) is 7.18. The summed E-state index contributed by atoms with van der Waals surface area (Å²) in [5, 5.41) is 0.624. The number of thiophene rings is 1. The fourth-order valence-corrected chi connectivity index (χ4v) is 4.92. The number of ether oxygens (including phenoxy) is 1. The van der Waals surface area contributed by atoms with Crippen LogP contribution in [-0.4, -0.2) is 32.4 Å². The van der Waals surface area contributed by atoms with E-state index in [0.717, 1.165) is 16.0 Å². The normalized spacial score (nSPS) is 11.4. The highest BCUT2D eigenvalue weighted by Crippen LogP contribution is 2.28. The number of imidazole rings is 1. The first-order valence-corrected chi connectivity index (χ1v) is 10.7. The molecule has 0 saturated carbocycles. The molecule has 1 aromatic carbocycles. The van der Waals surface area contributed by atoms with Gasteiger partial charge >= 0.3 is 5.69 Å². The van der Waals surface area contributed by atoms with Gasteiger partial charge in [-0.25, -0.2) is 9.78 Å². The van der Waals surface area contributed by atoms with Gasteiger partial charge in [-0.1, -0.05) is 30.3 Å². The zero-order chi connectivity index (χ0) is 21.1. The lowest BCUT2D eigenvalue weighted by molar-refractivity contribution is 0.186. The standard InChI is InChI=1S/C22H24N4O3S/c1-16-18(14-24-11-9-23-15-24)30-21-19(16)20(27)25(22(28)26(21)12-13-29-2)10-8-17-6-4-3-5-7-17/h3-7,9,11,15H,8,10,12-14H2,1-2H3. The van der Waals surface area contributed by atoms with Crippen molar-refractivity contribution >= 4 is 21.6 Å². The Labute approximate surface area is 177 Å². The maximum atomic E-state index is 13.3. The molecule has 0 radical (unpaired) electrons. The summed E-state index contributed by atoms with van der Waals surface area (Å²) >= 11 is 1.50. The van der Waals surface area contributed by atoms with E-state index in [4.69, 9.17) is 4.74 Å². The van der Waals surface area contributed by atoms with Gasteiger partial charge in [0.05, 0.1) is 31.4 Å². The van der Waals surface area contributed by atoms with Crippen LogP contribution in [0.4, 0.5) is 0 Å². The Morgan fingerprint density at radius 3 is 2.60 bits per heavy atom. The molecule has 0 aliphatic heterocycles. The Bertz CT molecular complexity index is 1250. The largest absolute Gasteiger partial charge is 0.383 e. The fraction of sp³-hybridized carbons (Fsp3) is 0.318. The molecule has 8 heteroatoms. The molecular weight excluding hydrogens is 400 g/mol. The summed E-state index contributed by atoms with van der Waals surface area (Å²) < 4.78 is 10.2. The van der Waals surface area contributed by atoms with E-state index in [1.807, 2.05) is 48.0 Å². The van der Waals surface area contributed by atoms with Gasteiger partial charge in [0.25, 0.3) is 5.56 Å². The quantitative estimate of drug-likeness (QED) is 0.436. The predicted molar refractivity (Wildman–Crippen MR) is 118 cm³/mol. The Morgan fingerprint density at radius 2 is 1.90 bits per heavy atom. The molecule has 0 aliphatic carbocycles. The second kappa shape index (κ2) is 8.81. The van der Waals surface area contributed by atoms with Crippen molar-refractivity contribution in [1.82, 2.24) is 18.7 Å². The summed E-state index contributed by atoms with van der Waals surface area (Å²) in [6, 6.07) is 9.89. The first kappa shape index (κ1) is 20.3. The fourth-order valence-electron chi connectivity index (χ4n) is 3.60. The molecule has 30 heavy (non-hydrogen) atoms. The van der Waals surface area contributed by atoms with Crippen LogP contribution in [0.15, 0.2) is 58.6 Å². The van der Waals surface area contributed by atoms with Crippen LogP contribution in [0.5, 0.6) is 0 Å². The molecule has 0 saturated heterocycles. The van der Waals surface area contributed by atoms with Gasteiger partial charge in [-0.2, -0.15) is 0 Å². The number of hydrogen-bond donors (Lipinski definition) is 0. The Morgan fingerprint density at radius 1 is 1.10 bits per heavy atom. The molecule has 4 aromatic rings. The van der Waals surface area contributed by atoms with Gasteiger partial charge < -0.3 is 9.30 Å². The van der Waals surface area contributed by atoms with Crippen molar-refractivity contribution in [2.75, 3.05) is 13.7 Å². The van der Waals surface area contributed by atoms with Crippen LogP contribution < -0.4 is 11.2 Å². The Kier molecular flexibility index (Phi) is 5.96. The van der Waals surface area contributed by atoms with Gasteiger partial charge in [0.1, 0.15) is 4.83 Å². The first-order chi connectivity index (χ1) is 14.6. The predicted octanol–water partition coefficient (Wildman–Crippen LogP) is 2.67. The minimum Gasteiger partial charge on any atom is -0.383 e. The van der Waals surface area contributed by atoms with Gasteiger partial charge in [0.2, 0.25) is 0 Å².